The van der Waals surface area contributed by atoms with Gasteiger partial charge in [-0.25, -0.2) is 4.98 Å². The summed E-state index contributed by atoms with van der Waals surface area (Å²) in [5, 5.41) is 9.77. The van der Waals surface area contributed by atoms with Gasteiger partial charge in [0, 0.05) is 6.20 Å². The van der Waals surface area contributed by atoms with E-state index in [-0.39, 0.29) is 36.9 Å². The van der Waals surface area contributed by atoms with Crippen LogP contribution in [0.3, 0.4) is 0 Å². The number of ether oxygens (including phenoxy) is 2. The Morgan fingerprint density at radius 1 is 0.944 bits per heavy atom. The van der Waals surface area contributed by atoms with Crippen LogP contribution in [0, 0.1) is 0 Å². The molecule has 0 fully saturated rings. The number of hydrogen-bond acceptors (Lipinski definition) is 6. The summed E-state index contributed by atoms with van der Waals surface area (Å²) in [5.41, 5.74) is 3.34. The van der Waals surface area contributed by atoms with E-state index in [1.54, 1.807) is 6.92 Å². The fourth-order valence-corrected chi connectivity index (χ4v) is 4.07. The Morgan fingerprint density at radius 3 is 2.28 bits per heavy atom. The molecule has 196 valence electrons. The van der Waals surface area contributed by atoms with Crippen LogP contribution in [0.5, 0.6) is 11.5 Å². The van der Waals surface area contributed by atoms with Crippen molar-refractivity contribution in [3.8, 4) is 21.9 Å². The first kappa shape index (κ1) is 27.8. The number of aromatic nitrogens is 1. The van der Waals surface area contributed by atoms with Crippen molar-refractivity contribution in [1.82, 2.24) is 4.98 Å². The lowest BCUT2D eigenvalue weighted by molar-refractivity contribution is -0.139. The van der Waals surface area contributed by atoms with E-state index in [1.807, 2.05) is 0 Å². The van der Waals surface area contributed by atoms with Gasteiger partial charge in [-0.3, -0.25) is 0 Å². The molecule has 1 heterocycles. The Morgan fingerprint density at radius 2 is 1.64 bits per heavy atom. The van der Waals surface area contributed by atoms with Crippen molar-refractivity contribution in [1.29, 1.82) is 0 Å². The molecule has 0 spiro atoms. The van der Waals surface area contributed by atoms with Crippen LogP contribution in [0.4, 0.5) is 26.3 Å². The van der Waals surface area contributed by atoms with Gasteiger partial charge in [0.05, 0.1) is 41.4 Å². The van der Waals surface area contributed by atoms with E-state index in [4.69, 9.17) is 15.2 Å². The molecule has 0 radical (unpaired) electrons. The van der Waals surface area contributed by atoms with E-state index in [0.717, 1.165) is 29.5 Å². The summed E-state index contributed by atoms with van der Waals surface area (Å²) >= 11 is 1.09. The minimum absolute atomic E-state index is 0.0406. The summed E-state index contributed by atoms with van der Waals surface area (Å²) in [6.45, 7) is 1.24. The fraction of sp³-hybridized carbons (Fsp3) is 0.375. The smallest absolute Gasteiger partial charge is 0.419 e. The molecule has 2 aromatic carbocycles. The van der Waals surface area contributed by atoms with E-state index in [1.165, 1.54) is 30.5 Å². The average molecular weight is 535 g/mol. The van der Waals surface area contributed by atoms with Crippen molar-refractivity contribution in [2.45, 2.75) is 37.7 Å². The molecular formula is C24H24F6N2O3S. The minimum atomic E-state index is -4.67. The van der Waals surface area contributed by atoms with Crippen LogP contribution >= 0.6 is 11.3 Å². The van der Waals surface area contributed by atoms with E-state index in [0.29, 0.717) is 22.7 Å². The van der Waals surface area contributed by atoms with Crippen molar-refractivity contribution in [2.75, 3.05) is 19.8 Å². The number of aliphatic hydroxyl groups is 1. The summed E-state index contributed by atoms with van der Waals surface area (Å²) in [7, 11) is 0. The summed E-state index contributed by atoms with van der Waals surface area (Å²) in [5.74, 6) is -0.283. The van der Waals surface area contributed by atoms with Crippen molar-refractivity contribution >= 4 is 11.3 Å². The van der Waals surface area contributed by atoms with Gasteiger partial charge >= 0.3 is 12.4 Å². The van der Waals surface area contributed by atoms with Gasteiger partial charge in [0.25, 0.3) is 0 Å². The quantitative estimate of drug-likeness (QED) is 0.238. The van der Waals surface area contributed by atoms with Gasteiger partial charge in [0.15, 0.2) is 0 Å². The maximum atomic E-state index is 13.7. The molecule has 3 N–H and O–H groups in total. The Balaban J connectivity index is 1.59. The molecule has 0 saturated heterocycles. The number of benzene rings is 2. The number of alkyl halides is 6. The van der Waals surface area contributed by atoms with Gasteiger partial charge in [-0.15, -0.1) is 11.3 Å². The van der Waals surface area contributed by atoms with Crippen molar-refractivity contribution in [3.63, 3.8) is 0 Å². The lowest BCUT2D eigenvalue weighted by Gasteiger charge is -2.18. The molecule has 0 bridgehead atoms. The highest BCUT2D eigenvalue weighted by Gasteiger charge is 2.35. The molecule has 1 atom stereocenters. The fourth-order valence-electron chi connectivity index (χ4n) is 3.11. The number of halogens is 6. The maximum absolute atomic E-state index is 13.7. The number of nitrogens with zero attached hydrogens (tertiary/aromatic N) is 1. The Labute approximate surface area is 207 Å². The van der Waals surface area contributed by atoms with Crippen LogP contribution in [-0.2, 0) is 17.9 Å². The maximum Gasteiger partial charge on any atom is 0.419 e. The number of hydrogen-bond donors (Lipinski definition) is 2. The van der Waals surface area contributed by atoms with E-state index in [9.17, 15) is 31.4 Å². The third kappa shape index (κ3) is 7.11. The van der Waals surface area contributed by atoms with Gasteiger partial charge < -0.3 is 20.3 Å². The standard InChI is InChI=1S/C24H24F6N2O3S/c1-22(31,14-33)21-32-13-20(36-21)15-7-8-19(18(11-15)24(28,29)30)35-10-3-2-9-34-17-6-4-5-16(12-17)23(25,26)27/h4-8,11-13,33H,2-3,9-10,14,31H2,1H3/t22-/m0/s1. The van der Waals surface area contributed by atoms with Crippen LogP contribution in [0.15, 0.2) is 48.7 Å². The minimum Gasteiger partial charge on any atom is -0.494 e. The second-order valence-corrected chi connectivity index (χ2v) is 9.27. The second kappa shape index (κ2) is 11.1. The highest BCUT2D eigenvalue weighted by molar-refractivity contribution is 7.15. The normalized spacial score (nSPS) is 13.9. The van der Waals surface area contributed by atoms with Gasteiger partial charge in [-0.05, 0) is 61.7 Å². The number of unbranched alkanes of at least 4 members (excludes halogenated alkanes) is 1. The van der Waals surface area contributed by atoms with E-state index < -0.39 is 29.0 Å². The molecular weight excluding hydrogens is 510 g/mol. The average Bonchev–Trinajstić information content (AvgIpc) is 3.32. The summed E-state index contributed by atoms with van der Waals surface area (Å²) in [4.78, 5) is 4.58. The Hall–Kier alpha value is -2.83. The zero-order chi connectivity index (χ0) is 26.6. The Kier molecular flexibility index (Phi) is 8.52. The largest absolute Gasteiger partial charge is 0.494 e. The molecule has 0 saturated carbocycles. The van der Waals surface area contributed by atoms with Crippen molar-refractivity contribution < 1.29 is 40.9 Å². The molecule has 0 amide bonds. The first-order valence-corrected chi connectivity index (χ1v) is 11.6. The summed E-state index contributed by atoms with van der Waals surface area (Å²) < 4.78 is 90.0. The van der Waals surface area contributed by atoms with Crippen LogP contribution in [0.1, 0.15) is 35.9 Å². The summed E-state index contributed by atoms with van der Waals surface area (Å²) in [6, 6.07) is 8.12. The zero-order valence-electron chi connectivity index (χ0n) is 19.1. The number of thiazole rings is 1. The van der Waals surface area contributed by atoms with E-state index >= 15 is 0 Å². The molecule has 12 heteroatoms. The Bertz CT molecular complexity index is 1160. The molecule has 1 aromatic heterocycles. The molecule has 0 aliphatic carbocycles. The molecule has 0 aliphatic heterocycles. The van der Waals surface area contributed by atoms with Gasteiger partial charge in [0.1, 0.15) is 16.5 Å². The van der Waals surface area contributed by atoms with Gasteiger partial charge in [-0.1, -0.05) is 6.07 Å². The predicted molar refractivity (Wildman–Crippen MR) is 123 cm³/mol. The number of nitrogens with two attached hydrogens (primary N) is 1. The molecule has 3 aromatic rings. The van der Waals surface area contributed by atoms with Crippen LogP contribution in [-0.4, -0.2) is 29.9 Å². The molecule has 3 rings (SSSR count). The van der Waals surface area contributed by atoms with Crippen molar-refractivity contribution in [3.05, 3.63) is 64.8 Å². The molecule has 5 nitrogen and oxygen atoms in total. The predicted octanol–water partition coefficient (Wildman–Crippen LogP) is 6.25. The first-order valence-electron chi connectivity index (χ1n) is 10.8. The highest BCUT2D eigenvalue weighted by Crippen LogP contribution is 2.40. The SMILES string of the molecule is C[C@](N)(CO)c1ncc(-c2ccc(OCCCCOc3cccc(C(F)(F)F)c3)c(C(F)(F)F)c2)s1. The first-order chi connectivity index (χ1) is 16.8. The third-order valence-corrected chi connectivity index (χ3v) is 6.44. The lowest BCUT2D eigenvalue weighted by Crippen LogP contribution is -2.36. The van der Waals surface area contributed by atoms with Crippen LogP contribution < -0.4 is 15.2 Å². The lowest BCUT2D eigenvalue weighted by atomic mass is 10.1. The zero-order valence-corrected chi connectivity index (χ0v) is 19.9. The number of aliphatic hydroxyl groups excluding tert-OH is 1. The third-order valence-electron chi connectivity index (χ3n) is 5.12. The van der Waals surface area contributed by atoms with Crippen molar-refractivity contribution in [2.24, 2.45) is 5.73 Å². The monoisotopic (exact) mass is 534 g/mol. The highest BCUT2D eigenvalue weighted by atomic mass is 32.1. The molecule has 0 unspecified atom stereocenters. The van der Waals surface area contributed by atoms with Gasteiger partial charge in [0.2, 0.25) is 0 Å². The topological polar surface area (TPSA) is 77.6 Å². The van der Waals surface area contributed by atoms with Crippen LogP contribution in [0.2, 0.25) is 0 Å². The second-order valence-electron chi connectivity index (χ2n) is 8.24. The number of rotatable bonds is 10. The van der Waals surface area contributed by atoms with E-state index in [2.05, 4.69) is 4.98 Å². The van der Waals surface area contributed by atoms with Crippen LogP contribution in [0.25, 0.3) is 10.4 Å². The molecule has 0 aliphatic rings. The van der Waals surface area contributed by atoms with Gasteiger partial charge in [-0.2, -0.15) is 26.3 Å². The molecule has 36 heavy (non-hydrogen) atoms. The summed E-state index contributed by atoms with van der Waals surface area (Å²) in [6.07, 6.45) is -7.06.